The highest BCUT2D eigenvalue weighted by Crippen LogP contribution is 2.25. The van der Waals surface area contributed by atoms with E-state index in [2.05, 4.69) is 4.98 Å². The maximum Gasteiger partial charge on any atom is 0.262 e. The molecule has 1 fully saturated rings. The Balaban J connectivity index is 1.72. The minimum absolute atomic E-state index is 0.0675. The number of imide groups is 1. The molecule has 2 amide bonds. The Morgan fingerprint density at radius 3 is 2.55 bits per heavy atom. The summed E-state index contributed by atoms with van der Waals surface area (Å²) < 4.78 is 1.64. The molecule has 0 bridgehead atoms. The molecule has 1 aliphatic rings. The summed E-state index contributed by atoms with van der Waals surface area (Å²) in [6.45, 7) is 2.42. The van der Waals surface area contributed by atoms with Gasteiger partial charge in [-0.3, -0.25) is 23.9 Å². The maximum atomic E-state index is 13.3. The Labute approximate surface area is 172 Å². The number of fused-ring (bicyclic) bond motifs is 1. The highest BCUT2D eigenvalue weighted by Gasteiger charge is 2.27. The number of carbonyl (C=O) groups is 2. The lowest BCUT2D eigenvalue weighted by Crippen LogP contribution is -2.33. The molecule has 0 spiro atoms. The van der Waals surface area contributed by atoms with E-state index in [1.54, 1.807) is 16.7 Å². The zero-order valence-corrected chi connectivity index (χ0v) is 16.9. The van der Waals surface area contributed by atoms with Crippen molar-refractivity contribution >= 4 is 34.5 Å². The van der Waals surface area contributed by atoms with Gasteiger partial charge in [0.05, 0.1) is 22.7 Å². The van der Waals surface area contributed by atoms with Gasteiger partial charge in [0.1, 0.15) is 0 Å². The standard InChI is InChI=1S/C22H21N3O3S/c1-15(16-8-3-2-4-9-16)25-21(28)17-10-5-6-11-18(17)23-22(25)29-14-20(27)24-13-7-12-19(24)26/h2-6,8-11,15H,7,12-14H2,1H3/t15-/m0/s1. The summed E-state index contributed by atoms with van der Waals surface area (Å²) in [4.78, 5) is 43.6. The molecule has 1 aliphatic heterocycles. The van der Waals surface area contributed by atoms with Crippen LogP contribution in [-0.4, -0.2) is 38.6 Å². The van der Waals surface area contributed by atoms with Crippen LogP contribution >= 0.6 is 11.8 Å². The fourth-order valence-corrected chi connectivity index (χ4v) is 4.52. The van der Waals surface area contributed by atoms with Crippen molar-refractivity contribution in [3.05, 3.63) is 70.5 Å². The van der Waals surface area contributed by atoms with Gasteiger partial charge in [0.2, 0.25) is 11.8 Å². The maximum absolute atomic E-state index is 13.3. The van der Waals surface area contributed by atoms with Crippen LogP contribution in [0.2, 0.25) is 0 Å². The second-order valence-corrected chi connectivity index (χ2v) is 7.95. The minimum Gasteiger partial charge on any atom is -0.282 e. The summed E-state index contributed by atoms with van der Waals surface area (Å²) in [5, 5.41) is 1.02. The summed E-state index contributed by atoms with van der Waals surface area (Å²) in [7, 11) is 0. The second kappa shape index (κ2) is 8.21. The number of likely N-dealkylation sites (tertiary alicyclic amines) is 1. The summed E-state index contributed by atoms with van der Waals surface area (Å²) in [5.74, 6) is -0.297. The smallest absolute Gasteiger partial charge is 0.262 e. The van der Waals surface area contributed by atoms with Gasteiger partial charge in [-0.2, -0.15) is 0 Å². The normalized spacial score (nSPS) is 15.1. The molecule has 3 aromatic rings. The van der Waals surface area contributed by atoms with E-state index in [4.69, 9.17) is 0 Å². The second-order valence-electron chi connectivity index (χ2n) is 7.00. The first-order valence-electron chi connectivity index (χ1n) is 9.58. The third-order valence-electron chi connectivity index (χ3n) is 5.14. The first kappa shape index (κ1) is 19.4. The largest absolute Gasteiger partial charge is 0.282 e. The molecular formula is C22H21N3O3S. The molecule has 0 saturated carbocycles. The van der Waals surface area contributed by atoms with Gasteiger partial charge >= 0.3 is 0 Å². The van der Waals surface area contributed by atoms with E-state index in [-0.39, 0.29) is 29.2 Å². The van der Waals surface area contributed by atoms with E-state index in [1.165, 1.54) is 16.7 Å². The van der Waals surface area contributed by atoms with Crippen molar-refractivity contribution in [2.24, 2.45) is 0 Å². The van der Waals surface area contributed by atoms with Crippen molar-refractivity contribution in [1.29, 1.82) is 0 Å². The molecule has 148 valence electrons. The van der Waals surface area contributed by atoms with Crippen molar-refractivity contribution < 1.29 is 9.59 Å². The van der Waals surface area contributed by atoms with Gasteiger partial charge in [-0.15, -0.1) is 0 Å². The number of benzene rings is 2. The first-order valence-corrected chi connectivity index (χ1v) is 10.6. The topological polar surface area (TPSA) is 72.3 Å². The Bertz CT molecular complexity index is 1130. The fourth-order valence-electron chi connectivity index (χ4n) is 3.57. The number of thioether (sulfide) groups is 1. The highest BCUT2D eigenvalue weighted by atomic mass is 32.2. The summed E-state index contributed by atoms with van der Waals surface area (Å²) >= 11 is 1.20. The SMILES string of the molecule is C[C@@H](c1ccccc1)n1c(SCC(=O)N2CCCC2=O)nc2ccccc2c1=O. The number of hydrogen-bond donors (Lipinski definition) is 0. The van der Waals surface area contributed by atoms with E-state index < -0.39 is 0 Å². The number of carbonyl (C=O) groups excluding carboxylic acids is 2. The van der Waals surface area contributed by atoms with E-state index in [0.717, 1.165) is 5.56 Å². The molecular weight excluding hydrogens is 386 g/mol. The van der Waals surface area contributed by atoms with Crippen molar-refractivity contribution in [2.45, 2.75) is 31.0 Å². The number of amides is 2. The molecule has 2 heterocycles. The monoisotopic (exact) mass is 407 g/mol. The van der Waals surface area contributed by atoms with Crippen LogP contribution in [0.1, 0.15) is 31.4 Å². The van der Waals surface area contributed by atoms with Crippen LogP contribution in [-0.2, 0) is 9.59 Å². The van der Waals surface area contributed by atoms with Gasteiger partial charge < -0.3 is 0 Å². The summed E-state index contributed by atoms with van der Waals surface area (Å²) in [6, 6.07) is 16.7. The van der Waals surface area contributed by atoms with Crippen molar-refractivity contribution in [3.63, 3.8) is 0 Å². The van der Waals surface area contributed by atoms with Gasteiger partial charge in [0.15, 0.2) is 5.16 Å². The molecule has 1 atom stereocenters. The molecule has 0 N–H and O–H groups in total. The van der Waals surface area contributed by atoms with Crippen LogP contribution in [0.3, 0.4) is 0 Å². The van der Waals surface area contributed by atoms with Crippen molar-refractivity contribution in [1.82, 2.24) is 14.5 Å². The van der Waals surface area contributed by atoms with Crippen LogP contribution in [0.25, 0.3) is 10.9 Å². The minimum atomic E-state index is -0.244. The average molecular weight is 407 g/mol. The molecule has 29 heavy (non-hydrogen) atoms. The molecule has 0 aliphatic carbocycles. The van der Waals surface area contributed by atoms with Gasteiger partial charge in [-0.05, 0) is 31.0 Å². The number of hydrogen-bond acceptors (Lipinski definition) is 5. The lowest BCUT2D eigenvalue weighted by atomic mass is 10.1. The number of para-hydroxylation sites is 1. The molecule has 6 nitrogen and oxygen atoms in total. The quantitative estimate of drug-likeness (QED) is 0.480. The van der Waals surface area contributed by atoms with Crippen molar-refractivity contribution in [3.8, 4) is 0 Å². The van der Waals surface area contributed by atoms with Crippen LogP contribution < -0.4 is 5.56 Å². The van der Waals surface area contributed by atoms with Crippen LogP contribution in [0, 0.1) is 0 Å². The van der Waals surface area contributed by atoms with E-state index in [1.807, 2.05) is 49.4 Å². The molecule has 4 rings (SSSR count). The van der Waals surface area contributed by atoms with Crippen molar-refractivity contribution in [2.75, 3.05) is 12.3 Å². The number of aromatic nitrogens is 2. The van der Waals surface area contributed by atoms with Gasteiger partial charge in [0.25, 0.3) is 5.56 Å². The molecule has 0 radical (unpaired) electrons. The fraction of sp³-hybridized carbons (Fsp3) is 0.273. The molecule has 0 unspecified atom stereocenters. The van der Waals surface area contributed by atoms with E-state index in [9.17, 15) is 14.4 Å². The average Bonchev–Trinajstić information content (AvgIpc) is 3.18. The van der Waals surface area contributed by atoms with Crippen LogP contribution in [0.5, 0.6) is 0 Å². The first-order chi connectivity index (χ1) is 14.1. The third-order valence-corrected chi connectivity index (χ3v) is 6.08. The van der Waals surface area contributed by atoms with Gasteiger partial charge in [0, 0.05) is 13.0 Å². The lowest BCUT2D eigenvalue weighted by molar-refractivity contribution is -0.140. The zero-order chi connectivity index (χ0) is 20.4. The molecule has 1 aromatic heterocycles. The van der Waals surface area contributed by atoms with Gasteiger partial charge in [-0.1, -0.05) is 54.2 Å². The number of nitrogens with zero attached hydrogens (tertiary/aromatic N) is 3. The van der Waals surface area contributed by atoms with E-state index >= 15 is 0 Å². The molecule has 1 saturated heterocycles. The van der Waals surface area contributed by atoms with E-state index in [0.29, 0.717) is 35.4 Å². The summed E-state index contributed by atoms with van der Waals surface area (Å²) in [6.07, 6.45) is 1.12. The Hall–Kier alpha value is -2.93. The third kappa shape index (κ3) is 3.82. The van der Waals surface area contributed by atoms with Crippen LogP contribution in [0.4, 0.5) is 0 Å². The molecule has 7 heteroatoms. The Morgan fingerprint density at radius 2 is 1.83 bits per heavy atom. The Kier molecular flexibility index (Phi) is 5.49. The summed E-state index contributed by atoms with van der Waals surface area (Å²) in [5.41, 5.74) is 1.44. The molecule has 2 aromatic carbocycles. The zero-order valence-electron chi connectivity index (χ0n) is 16.1. The van der Waals surface area contributed by atoms with Crippen LogP contribution in [0.15, 0.2) is 64.5 Å². The predicted octanol–water partition coefficient (Wildman–Crippen LogP) is 3.25. The number of rotatable bonds is 5. The predicted molar refractivity (Wildman–Crippen MR) is 113 cm³/mol. The highest BCUT2D eigenvalue weighted by molar-refractivity contribution is 7.99. The Morgan fingerprint density at radius 1 is 1.10 bits per heavy atom. The lowest BCUT2D eigenvalue weighted by Gasteiger charge is -2.20. The van der Waals surface area contributed by atoms with Gasteiger partial charge in [-0.25, -0.2) is 4.98 Å².